The first kappa shape index (κ1) is 22.9. The first-order valence-electron chi connectivity index (χ1n) is 9.32. The van der Waals surface area contributed by atoms with Gasteiger partial charge in [-0.2, -0.15) is 18.4 Å². The lowest BCUT2D eigenvalue weighted by molar-refractivity contribution is -0.137. The molecule has 162 valence electrons. The van der Waals surface area contributed by atoms with Crippen molar-refractivity contribution in [2.24, 2.45) is 0 Å². The highest BCUT2D eigenvalue weighted by atomic mass is 35.5. The molecule has 1 amide bonds. The number of hydrogen-bond acceptors (Lipinski definition) is 3. The van der Waals surface area contributed by atoms with Crippen molar-refractivity contribution in [2.45, 2.75) is 12.8 Å². The molecule has 1 N–H and O–H groups in total. The first-order chi connectivity index (χ1) is 15.2. The summed E-state index contributed by atoms with van der Waals surface area (Å²) in [7, 11) is 0. The normalized spacial score (nSPS) is 11.5. The van der Waals surface area contributed by atoms with Crippen LogP contribution in [0.4, 0.5) is 18.9 Å². The molecule has 0 aromatic heterocycles. The second-order valence-electron chi connectivity index (χ2n) is 6.69. The van der Waals surface area contributed by atoms with Gasteiger partial charge in [0, 0.05) is 10.7 Å². The zero-order valence-corrected chi connectivity index (χ0v) is 17.2. The summed E-state index contributed by atoms with van der Waals surface area (Å²) in [5.41, 5.74) is 0.203. The Morgan fingerprint density at radius 3 is 2.47 bits per heavy atom. The average molecular weight is 457 g/mol. The number of alkyl halides is 3. The molecule has 0 bridgehead atoms. The van der Waals surface area contributed by atoms with Crippen molar-refractivity contribution in [3.05, 3.63) is 100 Å². The Morgan fingerprint density at radius 1 is 1.06 bits per heavy atom. The largest absolute Gasteiger partial charge is 0.489 e. The summed E-state index contributed by atoms with van der Waals surface area (Å²) in [5.74, 6) is -0.302. The third-order valence-corrected chi connectivity index (χ3v) is 4.55. The molecular weight excluding hydrogens is 441 g/mol. The summed E-state index contributed by atoms with van der Waals surface area (Å²) in [6.45, 7) is 0.297. The number of rotatable bonds is 6. The highest BCUT2D eigenvalue weighted by Crippen LogP contribution is 2.30. The van der Waals surface area contributed by atoms with Gasteiger partial charge in [0.15, 0.2) is 0 Å². The Labute approximate surface area is 187 Å². The van der Waals surface area contributed by atoms with Gasteiger partial charge in [0.1, 0.15) is 24.0 Å². The highest BCUT2D eigenvalue weighted by molar-refractivity contribution is 6.30. The molecule has 0 aliphatic heterocycles. The lowest BCUT2D eigenvalue weighted by atomic mass is 10.1. The summed E-state index contributed by atoms with van der Waals surface area (Å²) >= 11 is 5.86. The van der Waals surface area contributed by atoms with Crippen LogP contribution in [0.5, 0.6) is 5.75 Å². The molecule has 0 saturated carbocycles. The van der Waals surface area contributed by atoms with Gasteiger partial charge in [-0.1, -0.05) is 41.9 Å². The van der Waals surface area contributed by atoms with Crippen LogP contribution in [-0.2, 0) is 17.6 Å². The van der Waals surface area contributed by atoms with Gasteiger partial charge < -0.3 is 10.1 Å². The van der Waals surface area contributed by atoms with E-state index in [1.54, 1.807) is 42.5 Å². The van der Waals surface area contributed by atoms with Crippen LogP contribution >= 0.6 is 11.6 Å². The van der Waals surface area contributed by atoms with Crippen LogP contribution in [0.15, 0.2) is 78.4 Å². The molecule has 0 aliphatic rings. The third-order valence-electron chi connectivity index (χ3n) is 4.30. The molecule has 0 saturated heterocycles. The summed E-state index contributed by atoms with van der Waals surface area (Å²) in [4.78, 5) is 12.4. The fourth-order valence-electron chi connectivity index (χ4n) is 2.73. The maximum atomic E-state index is 12.9. The number of anilines is 1. The van der Waals surface area contributed by atoms with Gasteiger partial charge in [0.2, 0.25) is 0 Å². The lowest BCUT2D eigenvalue weighted by Gasteiger charge is -2.10. The van der Waals surface area contributed by atoms with Gasteiger partial charge in [-0.05, 0) is 59.7 Å². The van der Waals surface area contributed by atoms with Gasteiger partial charge in [-0.25, -0.2) is 0 Å². The molecule has 32 heavy (non-hydrogen) atoms. The quantitative estimate of drug-likeness (QED) is 0.341. The number of halogens is 4. The fraction of sp³-hybridized carbons (Fsp3) is 0.0833. The Balaban J connectivity index is 1.71. The van der Waals surface area contributed by atoms with Crippen molar-refractivity contribution in [3.8, 4) is 11.8 Å². The Hall–Kier alpha value is -3.76. The van der Waals surface area contributed by atoms with Crippen molar-refractivity contribution in [3.63, 3.8) is 0 Å². The molecule has 0 atom stereocenters. The lowest BCUT2D eigenvalue weighted by Crippen LogP contribution is -2.14. The van der Waals surface area contributed by atoms with E-state index in [9.17, 15) is 23.2 Å². The topological polar surface area (TPSA) is 62.1 Å². The number of benzene rings is 3. The Morgan fingerprint density at radius 2 is 1.78 bits per heavy atom. The molecule has 0 spiro atoms. The van der Waals surface area contributed by atoms with Crippen LogP contribution in [-0.4, -0.2) is 5.91 Å². The monoisotopic (exact) mass is 456 g/mol. The van der Waals surface area contributed by atoms with Gasteiger partial charge in [-0.3, -0.25) is 4.79 Å². The van der Waals surface area contributed by atoms with Crippen LogP contribution in [0.2, 0.25) is 5.02 Å². The van der Waals surface area contributed by atoms with Gasteiger partial charge in [0.25, 0.3) is 5.91 Å². The molecule has 8 heteroatoms. The molecule has 0 aliphatic carbocycles. The molecule has 3 aromatic carbocycles. The second-order valence-corrected chi connectivity index (χ2v) is 7.13. The minimum absolute atomic E-state index is 0.0639. The van der Waals surface area contributed by atoms with E-state index in [1.165, 1.54) is 18.2 Å². The number of nitrogens with one attached hydrogen (secondary N) is 1. The Kier molecular flexibility index (Phi) is 7.18. The Bertz CT molecular complexity index is 1180. The summed E-state index contributed by atoms with van der Waals surface area (Å²) in [5, 5.41) is 12.3. The number of amides is 1. The molecule has 3 aromatic rings. The van der Waals surface area contributed by atoms with Gasteiger partial charge in [0.05, 0.1) is 5.56 Å². The van der Waals surface area contributed by atoms with E-state index in [0.717, 1.165) is 17.7 Å². The maximum Gasteiger partial charge on any atom is 0.416 e. The number of carbonyl (C=O) groups is 1. The van der Waals surface area contributed by atoms with Gasteiger partial charge >= 0.3 is 6.18 Å². The average Bonchev–Trinajstić information content (AvgIpc) is 2.77. The number of hydrogen-bond donors (Lipinski definition) is 1. The SMILES string of the molecule is N#C/C(=C/c1cccc(OCc2ccc(Cl)cc2)c1)C(=O)Nc1cccc(C(F)(F)F)c1. The van der Waals surface area contributed by atoms with E-state index in [-0.39, 0.29) is 11.3 Å². The van der Waals surface area contributed by atoms with Crippen molar-refractivity contribution in [2.75, 3.05) is 5.32 Å². The van der Waals surface area contributed by atoms with Crippen LogP contribution in [0.3, 0.4) is 0 Å². The predicted octanol–water partition coefficient (Wildman–Crippen LogP) is 6.48. The van der Waals surface area contributed by atoms with Crippen molar-refractivity contribution in [1.29, 1.82) is 5.26 Å². The zero-order valence-electron chi connectivity index (χ0n) is 16.5. The number of ether oxygens (including phenoxy) is 1. The minimum Gasteiger partial charge on any atom is -0.489 e. The smallest absolute Gasteiger partial charge is 0.416 e. The van der Waals surface area contributed by atoms with Crippen LogP contribution in [0.1, 0.15) is 16.7 Å². The molecular formula is C24H16ClF3N2O2. The number of carbonyl (C=O) groups excluding carboxylic acids is 1. The van der Waals surface area contributed by atoms with Gasteiger partial charge in [-0.15, -0.1) is 0 Å². The zero-order chi connectivity index (χ0) is 23.1. The fourth-order valence-corrected chi connectivity index (χ4v) is 2.85. The molecule has 0 heterocycles. The summed E-state index contributed by atoms with van der Waals surface area (Å²) in [6, 6.07) is 19.9. The highest BCUT2D eigenvalue weighted by Gasteiger charge is 2.30. The first-order valence-corrected chi connectivity index (χ1v) is 9.70. The van der Waals surface area contributed by atoms with Crippen molar-refractivity contribution >= 4 is 29.3 Å². The minimum atomic E-state index is -4.54. The molecule has 0 unspecified atom stereocenters. The molecule has 0 radical (unpaired) electrons. The van der Waals surface area contributed by atoms with Crippen molar-refractivity contribution < 1.29 is 22.7 Å². The van der Waals surface area contributed by atoms with Crippen LogP contribution < -0.4 is 10.1 Å². The summed E-state index contributed by atoms with van der Waals surface area (Å²) in [6.07, 6.45) is -3.21. The van der Waals surface area contributed by atoms with E-state index in [2.05, 4.69) is 5.32 Å². The predicted molar refractivity (Wildman–Crippen MR) is 116 cm³/mol. The van der Waals surface area contributed by atoms with E-state index in [1.807, 2.05) is 12.1 Å². The standard InChI is InChI=1S/C24H16ClF3N2O2/c25-20-9-7-16(8-10-20)15-32-22-6-1-3-17(12-22)11-18(14-29)23(31)30-21-5-2-4-19(13-21)24(26,27)28/h1-13H,15H2,(H,30,31)/b18-11-. The summed E-state index contributed by atoms with van der Waals surface area (Å²) < 4.78 is 44.3. The third kappa shape index (κ3) is 6.37. The van der Waals surface area contributed by atoms with E-state index in [0.29, 0.717) is 22.9 Å². The van der Waals surface area contributed by atoms with Crippen molar-refractivity contribution in [1.82, 2.24) is 0 Å². The number of nitriles is 1. The van der Waals surface area contributed by atoms with E-state index < -0.39 is 17.6 Å². The number of nitrogens with zero attached hydrogens (tertiary/aromatic N) is 1. The molecule has 3 rings (SSSR count). The maximum absolute atomic E-state index is 12.9. The molecule has 4 nitrogen and oxygen atoms in total. The molecule has 0 fully saturated rings. The van der Waals surface area contributed by atoms with Crippen LogP contribution in [0.25, 0.3) is 6.08 Å². The second kappa shape index (κ2) is 10.0. The van der Waals surface area contributed by atoms with Crippen LogP contribution in [0, 0.1) is 11.3 Å². The van der Waals surface area contributed by atoms with E-state index in [4.69, 9.17) is 16.3 Å². The van der Waals surface area contributed by atoms with E-state index >= 15 is 0 Å².